The summed E-state index contributed by atoms with van der Waals surface area (Å²) in [5, 5.41) is 2.75. The monoisotopic (exact) mass is 399 g/mol. The van der Waals surface area contributed by atoms with Crippen LogP contribution in [0.15, 0.2) is 70.8 Å². The first kappa shape index (κ1) is 19.6. The number of rotatable bonds is 6. The quantitative estimate of drug-likeness (QED) is 0.809. The first-order valence-electron chi connectivity index (χ1n) is 8.69. The van der Waals surface area contributed by atoms with Gasteiger partial charge in [-0.3, -0.25) is 9.10 Å². The molecule has 0 unspecified atom stereocenters. The van der Waals surface area contributed by atoms with E-state index in [0.717, 1.165) is 9.87 Å². The number of carbonyl (C=O) groups excluding carboxylic acids is 1. The van der Waals surface area contributed by atoms with Crippen molar-refractivity contribution in [3.63, 3.8) is 0 Å². The van der Waals surface area contributed by atoms with Crippen LogP contribution in [0.1, 0.15) is 12.5 Å². The van der Waals surface area contributed by atoms with E-state index < -0.39 is 16.1 Å². The minimum absolute atomic E-state index is 0.155. The molecule has 2 aromatic rings. The van der Waals surface area contributed by atoms with Gasteiger partial charge in [0.05, 0.1) is 18.4 Å². The van der Waals surface area contributed by atoms with Crippen LogP contribution in [0.25, 0.3) is 0 Å². The lowest BCUT2D eigenvalue weighted by atomic mass is 10.1. The summed E-state index contributed by atoms with van der Waals surface area (Å²) >= 11 is 0. The fraction of sp³-hybridized carbons (Fsp3) is 0.200. The second-order valence-corrected chi connectivity index (χ2v) is 7.77. The van der Waals surface area contributed by atoms with Gasteiger partial charge in [0.15, 0.2) is 0 Å². The van der Waals surface area contributed by atoms with Crippen molar-refractivity contribution in [3.05, 3.63) is 71.9 Å². The van der Waals surface area contributed by atoms with E-state index in [1.54, 1.807) is 31.4 Å². The molecule has 146 valence electrons. The number of methoxy groups -OCH3 is 1. The number of amides is 1. The van der Waals surface area contributed by atoms with Crippen molar-refractivity contribution in [2.24, 2.45) is 4.40 Å². The lowest BCUT2D eigenvalue weighted by molar-refractivity contribution is -0.112. The van der Waals surface area contributed by atoms with Gasteiger partial charge in [-0.15, -0.1) is 4.40 Å². The highest BCUT2D eigenvalue weighted by molar-refractivity contribution is 7.88. The summed E-state index contributed by atoms with van der Waals surface area (Å²) < 4.78 is 34.7. The Morgan fingerprint density at radius 3 is 2.43 bits per heavy atom. The fourth-order valence-corrected chi connectivity index (χ4v) is 3.85. The molecule has 0 radical (unpaired) electrons. The minimum Gasteiger partial charge on any atom is -0.497 e. The molecule has 0 saturated heterocycles. The highest BCUT2D eigenvalue weighted by Gasteiger charge is 2.27. The van der Waals surface area contributed by atoms with Gasteiger partial charge in [-0.25, -0.2) is 0 Å². The molecule has 1 amide bonds. The van der Waals surface area contributed by atoms with Gasteiger partial charge < -0.3 is 10.1 Å². The molecule has 0 fully saturated rings. The normalized spacial score (nSPS) is 15.4. The zero-order chi connectivity index (χ0) is 20.1. The second-order valence-electron chi connectivity index (χ2n) is 6.23. The largest absolute Gasteiger partial charge is 0.497 e. The molecular formula is C20H21N3O4S. The number of carbonyl (C=O) groups is 1. The van der Waals surface area contributed by atoms with Crippen molar-refractivity contribution >= 4 is 27.5 Å². The third-order valence-electron chi connectivity index (χ3n) is 4.27. The molecule has 28 heavy (non-hydrogen) atoms. The van der Waals surface area contributed by atoms with E-state index in [-0.39, 0.29) is 17.8 Å². The van der Waals surface area contributed by atoms with Gasteiger partial charge in [-0.05, 0) is 43.2 Å². The number of hydrogen-bond donors (Lipinski definition) is 1. The van der Waals surface area contributed by atoms with Crippen LogP contribution in [0.4, 0.5) is 5.69 Å². The van der Waals surface area contributed by atoms with Crippen molar-refractivity contribution in [3.8, 4) is 5.75 Å². The van der Waals surface area contributed by atoms with Crippen LogP contribution in [0.5, 0.6) is 5.75 Å². The van der Waals surface area contributed by atoms with Crippen LogP contribution in [0, 0.1) is 0 Å². The van der Waals surface area contributed by atoms with Crippen molar-refractivity contribution in [1.29, 1.82) is 0 Å². The van der Waals surface area contributed by atoms with Crippen LogP contribution in [-0.4, -0.2) is 38.0 Å². The predicted octanol–water partition coefficient (Wildman–Crippen LogP) is 2.78. The van der Waals surface area contributed by atoms with E-state index in [4.69, 9.17) is 4.74 Å². The van der Waals surface area contributed by atoms with Crippen LogP contribution < -0.4 is 10.1 Å². The van der Waals surface area contributed by atoms with E-state index >= 15 is 0 Å². The number of nitrogens with one attached hydrogen (secondary N) is 1. The second kappa shape index (κ2) is 8.26. The highest BCUT2D eigenvalue weighted by Crippen LogP contribution is 2.20. The maximum Gasteiger partial charge on any atom is 0.344 e. The van der Waals surface area contributed by atoms with E-state index in [0.29, 0.717) is 17.9 Å². The molecule has 2 aromatic carbocycles. The Hall–Kier alpha value is -3.13. The summed E-state index contributed by atoms with van der Waals surface area (Å²) in [5.41, 5.74) is 1.94. The first-order valence-corrected chi connectivity index (χ1v) is 10.1. The Morgan fingerprint density at radius 2 is 1.79 bits per heavy atom. The zero-order valence-corrected chi connectivity index (χ0v) is 16.4. The molecule has 1 heterocycles. The van der Waals surface area contributed by atoms with E-state index in [2.05, 4.69) is 9.71 Å². The SMILES string of the molecule is COc1ccc(NC(=O)C2=CN(CCc3ccccc3)S(=O)(=O)N=C2C)cc1. The third kappa shape index (κ3) is 4.58. The maximum absolute atomic E-state index is 12.7. The molecule has 1 N–H and O–H groups in total. The van der Waals surface area contributed by atoms with Crippen LogP contribution in [-0.2, 0) is 21.4 Å². The lowest BCUT2D eigenvalue weighted by Crippen LogP contribution is -2.34. The standard InChI is InChI=1S/C20H21N3O4S/c1-15-19(20(24)21-17-8-10-18(27-2)11-9-17)14-23(28(25,26)22-15)13-12-16-6-4-3-5-7-16/h3-11,14H,12-13H2,1-2H3,(H,21,24). The van der Waals surface area contributed by atoms with Gasteiger partial charge in [0, 0.05) is 18.4 Å². The topological polar surface area (TPSA) is 88.1 Å². The molecule has 0 spiro atoms. The minimum atomic E-state index is -3.84. The summed E-state index contributed by atoms with van der Waals surface area (Å²) in [4.78, 5) is 12.7. The first-order chi connectivity index (χ1) is 13.4. The van der Waals surface area contributed by atoms with Crippen molar-refractivity contribution in [2.45, 2.75) is 13.3 Å². The molecule has 0 aliphatic carbocycles. The third-order valence-corrected chi connectivity index (χ3v) is 5.65. The number of anilines is 1. The van der Waals surface area contributed by atoms with E-state index in [1.165, 1.54) is 13.1 Å². The highest BCUT2D eigenvalue weighted by atomic mass is 32.2. The van der Waals surface area contributed by atoms with E-state index in [1.807, 2.05) is 30.3 Å². The maximum atomic E-state index is 12.7. The predicted molar refractivity (Wildman–Crippen MR) is 109 cm³/mol. The molecule has 0 saturated carbocycles. The molecule has 3 rings (SSSR count). The van der Waals surface area contributed by atoms with Crippen molar-refractivity contribution < 1.29 is 17.9 Å². The Labute approximate surface area is 164 Å². The summed E-state index contributed by atoms with van der Waals surface area (Å²) in [6.45, 7) is 1.70. The lowest BCUT2D eigenvalue weighted by Gasteiger charge is -2.23. The Bertz CT molecular complexity index is 1010. The molecule has 0 atom stereocenters. The number of ether oxygens (including phenoxy) is 1. The van der Waals surface area contributed by atoms with Crippen LogP contribution in [0.3, 0.4) is 0 Å². The Balaban J connectivity index is 1.76. The van der Waals surface area contributed by atoms with Gasteiger partial charge in [0.2, 0.25) is 0 Å². The summed E-state index contributed by atoms with van der Waals surface area (Å²) in [5.74, 6) is 0.247. The summed E-state index contributed by atoms with van der Waals surface area (Å²) in [7, 11) is -2.28. The van der Waals surface area contributed by atoms with E-state index in [9.17, 15) is 13.2 Å². The van der Waals surface area contributed by atoms with Gasteiger partial charge in [-0.1, -0.05) is 30.3 Å². The average molecular weight is 399 g/mol. The average Bonchev–Trinajstić information content (AvgIpc) is 2.68. The molecular weight excluding hydrogens is 378 g/mol. The van der Waals surface area contributed by atoms with Crippen molar-refractivity contribution in [1.82, 2.24) is 4.31 Å². The fourth-order valence-electron chi connectivity index (χ4n) is 2.74. The van der Waals surface area contributed by atoms with Gasteiger partial charge in [0.25, 0.3) is 5.91 Å². The van der Waals surface area contributed by atoms with Crippen molar-refractivity contribution in [2.75, 3.05) is 19.0 Å². The zero-order valence-electron chi connectivity index (χ0n) is 15.6. The molecule has 8 heteroatoms. The molecule has 7 nitrogen and oxygen atoms in total. The summed E-state index contributed by atoms with van der Waals surface area (Å²) in [6, 6.07) is 16.4. The molecule has 0 aromatic heterocycles. The molecule has 1 aliphatic rings. The Morgan fingerprint density at radius 1 is 1.11 bits per heavy atom. The van der Waals surface area contributed by atoms with Gasteiger partial charge >= 0.3 is 10.2 Å². The van der Waals surface area contributed by atoms with Crippen LogP contribution in [0.2, 0.25) is 0 Å². The Kier molecular flexibility index (Phi) is 5.79. The van der Waals surface area contributed by atoms with Gasteiger partial charge in [0.1, 0.15) is 5.75 Å². The van der Waals surface area contributed by atoms with Gasteiger partial charge in [-0.2, -0.15) is 8.42 Å². The smallest absolute Gasteiger partial charge is 0.344 e. The summed E-state index contributed by atoms with van der Waals surface area (Å²) in [6.07, 6.45) is 1.86. The number of nitrogens with zero attached hydrogens (tertiary/aromatic N) is 2. The number of benzene rings is 2. The molecule has 1 aliphatic heterocycles. The molecule has 0 bridgehead atoms. The number of hydrogen-bond acceptors (Lipinski definition) is 4. The van der Waals surface area contributed by atoms with Crippen LogP contribution >= 0.6 is 0 Å².